The molecule has 1 N–H and O–H groups in total. The van der Waals surface area contributed by atoms with E-state index in [9.17, 15) is 27.6 Å². The molecule has 0 radical (unpaired) electrons. The lowest BCUT2D eigenvalue weighted by Gasteiger charge is -2.35. The highest BCUT2D eigenvalue weighted by Crippen LogP contribution is 2.51. The second-order valence-corrected chi connectivity index (χ2v) is 9.09. The van der Waals surface area contributed by atoms with Crippen LogP contribution in [-0.2, 0) is 20.8 Å². The smallest absolute Gasteiger partial charge is 0.425 e. The zero-order valence-corrected chi connectivity index (χ0v) is 19.2. The van der Waals surface area contributed by atoms with Gasteiger partial charge in [0.15, 0.2) is 17.3 Å². The normalized spacial score (nSPS) is 22.4. The van der Waals surface area contributed by atoms with Crippen LogP contribution >= 0.6 is 0 Å². The third-order valence-corrected chi connectivity index (χ3v) is 5.98. The van der Waals surface area contributed by atoms with E-state index in [4.69, 9.17) is 9.47 Å². The predicted molar refractivity (Wildman–Crippen MR) is 113 cm³/mol. The number of hydrogen-bond donors (Lipinski definition) is 1. The van der Waals surface area contributed by atoms with Crippen LogP contribution in [0.2, 0.25) is 0 Å². The van der Waals surface area contributed by atoms with E-state index < -0.39 is 40.3 Å². The number of amides is 2. The molecule has 2 aliphatic rings. The van der Waals surface area contributed by atoms with Crippen LogP contribution in [0.1, 0.15) is 39.2 Å². The van der Waals surface area contributed by atoms with Crippen LogP contribution in [0, 0.1) is 5.41 Å². The summed E-state index contributed by atoms with van der Waals surface area (Å²) in [5.74, 6) is -2.26. The number of nitrogens with zero attached hydrogens (tertiary/aromatic N) is 1. The molecule has 1 aliphatic carbocycles. The summed E-state index contributed by atoms with van der Waals surface area (Å²) in [6.45, 7) is 4.31. The molecule has 2 amide bonds. The van der Waals surface area contributed by atoms with E-state index in [2.05, 4.69) is 0 Å². The van der Waals surface area contributed by atoms with Gasteiger partial charge in [-0.25, -0.2) is 0 Å². The number of halogens is 3. The lowest BCUT2D eigenvalue weighted by atomic mass is 9.72. The molecule has 0 aromatic heterocycles. The summed E-state index contributed by atoms with van der Waals surface area (Å²) >= 11 is 0. The number of ether oxygens (including phenoxy) is 2. The number of rotatable bonds is 6. The van der Waals surface area contributed by atoms with Crippen LogP contribution in [0.25, 0.3) is 0 Å². The van der Waals surface area contributed by atoms with Gasteiger partial charge >= 0.3 is 6.18 Å². The molecule has 1 aromatic rings. The molecule has 1 atom stereocenters. The number of carbonyl (C=O) groups excluding carboxylic acids is 3. The molecule has 10 heteroatoms. The molecule has 33 heavy (non-hydrogen) atoms. The Kier molecular flexibility index (Phi) is 6.25. The molecule has 180 valence electrons. The van der Waals surface area contributed by atoms with Gasteiger partial charge in [-0.05, 0) is 36.0 Å². The second-order valence-electron chi connectivity index (χ2n) is 9.09. The summed E-state index contributed by atoms with van der Waals surface area (Å²) in [7, 11) is 2.94. The van der Waals surface area contributed by atoms with Crippen LogP contribution in [-0.4, -0.2) is 55.0 Å². The average Bonchev–Trinajstić information content (AvgIpc) is 2.93. The highest BCUT2D eigenvalue weighted by atomic mass is 19.4. The summed E-state index contributed by atoms with van der Waals surface area (Å²) in [4.78, 5) is 39.1. The van der Waals surface area contributed by atoms with Crippen LogP contribution in [0.5, 0.6) is 11.5 Å². The summed E-state index contributed by atoms with van der Waals surface area (Å²) in [6, 6.07) is 5.06. The monoisotopic (exact) mass is 468 g/mol. The summed E-state index contributed by atoms with van der Waals surface area (Å²) in [5, 5.41) is 1.79. The molecule has 1 aliphatic heterocycles. The van der Waals surface area contributed by atoms with Crippen molar-refractivity contribution in [1.29, 1.82) is 0 Å². The number of Topliss-reactive ketones (excluding diaryl/α,β-unsaturated/α-hetero) is 1. The Morgan fingerprint density at radius 1 is 1.12 bits per heavy atom. The summed E-state index contributed by atoms with van der Waals surface area (Å²) in [6.07, 6.45) is -5.04. The van der Waals surface area contributed by atoms with E-state index in [1.54, 1.807) is 37.4 Å². The molecule has 1 heterocycles. The van der Waals surface area contributed by atoms with Crippen LogP contribution in [0.4, 0.5) is 13.2 Å². The first kappa shape index (κ1) is 24.6. The number of ketones is 1. The fraction of sp³-hybridized carbons (Fsp3) is 0.522. The van der Waals surface area contributed by atoms with Crippen molar-refractivity contribution < 1.29 is 37.0 Å². The maximum Gasteiger partial charge on any atom is 0.425 e. The van der Waals surface area contributed by atoms with Crippen LogP contribution in [0.3, 0.4) is 0 Å². The Labute approximate surface area is 189 Å². The van der Waals surface area contributed by atoms with E-state index >= 15 is 0 Å². The van der Waals surface area contributed by atoms with E-state index in [-0.39, 0.29) is 31.5 Å². The average molecular weight is 468 g/mol. The molecule has 3 rings (SSSR count). The highest BCUT2D eigenvalue weighted by Gasteiger charge is 2.71. The highest BCUT2D eigenvalue weighted by molar-refractivity contribution is 6.13. The van der Waals surface area contributed by atoms with Crippen molar-refractivity contribution in [2.24, 2.45) is 5.41 Å². The predicted octanol–water partition coefficient (Wildman–Crippen LogP) is 3.17. The molecule has 0 saturated carbocycles. The quantitative estimate of drug-likeness (QED) is 0.693. The van der Waals surface area contributed by atoms with Crippen LogP contribution < -0.4 is 14.8 Å². The molecule has 0 bridgehead atoms. The zero-order valence-electron chi connectivity index (χ0n) is 19.2. The summed E-state index contributed by atoms with van der Waals surface area (Å²) in [5.41, 5.74) is -3.95. The Morgan fingerprint density at radius 3 is 2.30 bits per heavy atom. The van der Waals surface area contributed by atoms with Crippen molar-refractivity contribution in [1.82, 2.24) is 10.2 Å². The van der Waals surface area contributed by atoms with Gasteiger partial charge < -0.3 is 19.7 Å². The largest absolute Gasteiger partial charge is 0.493 e. The first-order chi connectivity index (χ1) is 15.3. The van der Waals surface area contributed by atoms with Crippen molar-refractivity contribution in [2.45, 2.75) is 51.7 Å². The van der Waals surface area contributed by atoms with Crippen molar-refractivity contribution in [3.8, 4) is 11.5 Å². The third kappa shape index (κ3) is 4.18. The lowest BCUT2D eigenvalue weighted by molar-refractivity contribution is -0.194. The van der Waals surface area contributed by atoms with Gasteiger partial charge in [0.05, 0.1) is 19.8 Å². The zero-order chi connectivity index (χ0) is 24.8. The molecule has 0 saturated heterocycles. The topological polar surface area (TPSA) is 84.9 Å². The number of methoxy groups -OCH3 is 2. The van der Waals surface area contributed by atoms with Gasteiger partial charge in [0.25, 0.3) is 5.91 Å². The molecule has 7 nitrogen and oxygen atoms in total. The van der Waals surface area contributed by atoms with Crippen molar-refractivity contribution in [2.75, 3.05) is 20.8 Å². The second kappa shape index (κ2) is 8.39. The first-order valence-electron chi connectivity index (χ1n) is 10.4. The first-order valence-corrected chi connectivity index (χ1v) is 10.4. The van der Waals surface area contributed by atoms with Gasteiger partial charge in [-0.1, -0.05) is 19.9 Å². The third-order valence-electron chi connectivity index (χ3n) is 5.98. The van der Waals surface area contributed by atoms with Crippen molar-refractivity contribution in [3.05, 3.63) is 35.0 Å². The van der Waals surface area contributed by atoms with Gasteiger partial charge in [0, 0.05) is 25.6 Å². The SMILES string of the molecule is COc1ccc(CCN2C(=O)[C@@](NC(C)=O)(C(F)(F)F)C3=C2CC(C)(C)CC3=O)cc1OC. The maximum atomic E-state index is 14.4. The number of allylic oxidation sites excluding steroid dienone is 1. The van der Waals surface area contributed by atoms with Crippen LogP contribution in [0.15, 0.2) is 29.5 Å². The number of carbonyl (C=O) groups is 3. The lowest BCUT2D eigenvalue weighted by Crippen LogP contribution is -2.66. The van der Waals surface area contributed by atoms with Gasteiger partial charge in [-0.15, -0.1) is 0 Å². The van der Waals surface area contributed by atoms with Gasteiger partial charge in [-0.3, -0.25) is 14.4 Å². The minimum atomic E-state index is -5.19. The van der Waals surface area contributed by atoms with E-state index in [0.29, 0.717) is 17.1 Å². The van der Waals surface area contributed by atoms with E-state index in [1.807, 2.05) is 0 Å². The molecular formula is C23H27F3N2O5. The number of benzene rings is 1. The van der Waals surface area contributed by atoms with Crippen molar-refractivity contribution >= 4 is 17.6 Å². The van der Waals surface area contributed by atoms with Gasteiger partial charge in [0.1, 0.15) is 0 Å². The Morgan fingerprint density at radius 2 is 1.76 bits per heavy atom. The Hall–Kier alpha value is -3.04. The number of hydrogen-bond acceptors (Lipinski definition) is 5. The maximum absolute atomic E-state index is 14.4. The minimum Gasteiger partial charge on any atom is -0.493 e. The number of nitrogens with one attached hydrogen (secondary N) is 1. The van der Waals surface area contributed by atoms with Crippen molar-refractivity contribution in [3.63, 3.8) is 0 Å². The summed E-state index contributed by atoms with van der Waals surface area (Å²) < 4.78 is 53.7. The molecule has 0 unspecified atom stereocenters. The Balaban J connectivity index is 2.06. The van der Waals surface area contributed by atoms with E-state index in [1.165, 1.54) is 14.2 Å². The van der Waals surface area contributed by atoms with Gasteiger partial charge in [0.2, 0.25) is 11.4 Å². The van der Waals surface area contributed by atoms with Gasteiger partial charge in [-0.2, -0.15) is 13.2 Å². The fourth-order valence-electron chi connectivity index (χ4n) is 4.60. The molecular weight excluding hydrogens is 441 g/mol. The standard InChI is InChI=1S/C23H27F3N2O5/c1-13(29)27-22(23(24,25)26)19-15(11-21(2,3)12-16(19)30)28(20(22)31)9-8-14-6-7-17(32-4)18(10-14)33-5/h6-7,10H,8-9,11-12H2,1-5H3,(H,27,29)/t22-/m1/s1. The fourth-order valence-corrected chi connectivity index (χ4v) is 4.60. The number of alkyl halides is 3. The molecule has 0 fully saturated rings. The van der Waals surface area contributed by atoms with E-state index in [0.717, 1.165) is 11.8 Å². The Bertz CT molecular complexity index is 1030. The molecule has 0 spiro atoms. The molecule has 1 aromatic carbocycles. The minimum absolute atomic E-state index is 0.0211.